The quantitative estimate of drug-likeness (QED) is 0.313. The number of rotatable bonds is 12. The van der Waals surface area contributed by atoms with Gasteiger partial charge in [-0.2, -0.15) is 4.31 Å². The van der Waals surface area contributed by atoms with Gasteiger partial charge in [0, 0.05) is 25.7 Å². The molecule has 0 aromatic heterocycles. The number of likely N-dealkylation sites (N-methyl/N-ethyl adjacent to an activating group) is 1. The molecule has 0 aliphatic heterocycles. The third-order valence-electron chi connectivity index (χ3n) is 7.38. The Kier molecular flexibility index (Phi) is 8.91. The van der Waals surface area contributed by atoms with Crippen molar-refractivity contribution in [3.05, 3.63) is 89.5 Å². The second-order valence-electron chi connectivity index (χ2n) is 11.2. The van der Waals surface area contributed by atoms with E-state index in [2.05, 4.69) is 43.4 Å². The highest BCUT2D eigenvalue weighted by Crippen LogP contribution is 2.32. The van der Waals surface area contributed by atoms with Crippen LogP contribution in [0.3, 0.4) is 0 Å². The van der Waals surface area contributed by atoms with Crippen molar-refractivity contribution in [2.45, 2.75) is 56.1 Å². The Labute approximate surface area is 231 Å². The summed E-state index contributed by atoms with van der Waals surface area (Å²) in [5, 5.41) is 23.2. The number of carboxylic acid groups (broad SMARTS) is 1. The van der Waals surface area contributed by atoms with Crippen molar-refractivity contribution in [3.8, 4) is 11.1 Å². The van der Waals surface area contributed by atoms with Gasteiger partial charge in [0.05, 0.1) is 17.4 Å². The van der Waals surface area contributed by atoms with Gasteiger partial charge in [0.2, 0.25) is 10.0 Å². The molecule has 0 saturated heterocycles. The summed E-state index contributed by atoms with van der Waals surface area (Å²) in [5.41, 5.74) is 4.69. The van der Waals surface area contributed by atoms with Gasteiger partial charge in [-0.25, -0.2) is 8.42 Å². The molecule has 39 heavy (non-hydrogen) atoms. The molecule has 3 aromatic rings. The van der Waals surface area contributed by atoms with E-state index in [0.29, 0.717) is 17.0 Å². The first-order valence-corrected chi connectivity index (χ1v) is 14.7. The Morgan fingerprint density at radius 1 is 1.00 bits per heavy atom. The lowest BCUT2D eigenvalue weighted by molar-refractivity contribution is -0.136. The minimum Gasteiger partial charge on any atom is -0.481 e. The lowest BCUT2D eigenvalue weighted by atomic mass is 9.88. The van der Waals surface area contributed by atoms with Gasteiger partial charge < -0.3 is 15.5 Å². The number of hydrogen-bond donors (Lipinski definition) is 3. The molecule has 8 heteroatoms. The minimum atomic E-state index is -3.85. The molecule has 0 amide bonds. The number of aliphatic carboxylic acids is 1. The number of aliphatic hydroxyl groups excluding tert-OH is 1. The molecular formula is C31H38N2O5S. The molecule has 0 bridgehead atoms. The molecule has 4 rings (SSSR count). The molecule has 1 aliphatic rings. The Morgan fingerprint density at radius 2 is 1.62 bits per heavy atom. The van der Waals surface area contributed by atoms with Crippen LogP contribution in [0.4, 0.5) is 0 Å². The Morgan fingerprint density at radius 3 is 2.26 bits per heavy atom. The molecule has 1 unspecified atom stereocenters. The van der Waals surface area contributed by atoms with E-state index in [9.17, 15) is 18.3 Å². The second kappa shape index (κ2) is 12.0. The molecular weight excluding hydrogens is 512 g/mol. The Balaban J connectivity index is 1.34. The average molecular weight is 551 g/mol. The fourth-order valence-corrected chi connectivity index (χ4v) is 6.75. The first-order chi connectivity index (χ1) is 18.4. The molecule has 7 nitrogen and oxygen atoms in total. The summed E-state index contributed by atoms with van der Waals surface area (Å²) < 4.78 is 27.8. The molecule has 0 fully saturated rings. The molecule has 3 N–H and O–H groups in total. The van der Waals surface area contributed by atoms with Crippen LogP contribution >= 0.6 is 0 Å². The summed E-state index contributed by atoms with van der Waals surface area (Å²) in [6, 6.07) is 22.2. The van der Waals surface area contributed by atoms with Gasteiger partial charge in [-0.1, -0.05) is 60.7 Å². The number of nitrogens with zero attached hydrogens (tertiary/aromatic N) is 1. The summed E-state index contributed by atoms with van der Waals surface area (Å²) in [6.07, 6.45) is 2.11. The van der Waals surface area contributed by atoms with Crippen LogP contribution in [-0.2, 0) is 34.1 Å². The van der Waals surface area contributed by atoms with E-state index in [-0.39, 0.29) is 29.9 Å². The number of nitrogens with one attached hydrogen (secondary N) is 1. The van der Waals surface area contributed by atoms with Gasteiger partial charge in [-0.15, -0.1) is 0 Å². The van der Waals surface area contributed by atoms with E-state index in [1.165, 1.54) is 28.5 Å². The number of fused-ring (bicyclic) bond motifs is 1. The number of carbonyl (C=O) groups is 1. The average Bonchev–Trinajstić information content (AvgIpc) is 3.29. The first kappa shape index (κ1) is 29.0. The summed E-state index contributed by atoms with van der Waals surface area (Å²) >= 11 is 0. The number of hydrogen-bond acceptors (Lipinski definition) is 5. The molecule has 208 valence electrons. The zero-order valence-electron chi connectivity index (χ0n) is 22.8. The van der Waals surface area contributed by atoms with Crippen molar-refractivity contribution in [2.24, 2.45) is 5.92 Å². The summed E-state index contributed by atoms with van der Waals surface area (Å²) in [6.45, 7) is 4.49. The van der Waals surface area contributed by atoms with Crippen molar-refractivity contribution in [1.29, 1.82) is 0 Å². The van der Waals surface area contributed by atoms with Gasteiger partial charge >= 0.3 is 5.97 Å². The highest BCUT2D eigenvalue weighted by Gasteiger charge is 2.29. The van der Waals surface area contributed by atoms with Crippen molar-refractivity contribution >= 4 is 16.0 Å². The number of aliphatic hydroxyl groups is 1. The number of carboxylic acids is 1. The fraction of sp³-hybridized carbons (Fsp3) is 0.387. The molecule has 1 aliphatic carbocycles. The van der Waals surface area contributed by atoms with Crippen LogP contribution in [0, 0.1) is 5.92 Å². The van der Waals surface area contributed by atoms with Crippen molar-refractivity contribution < 1.29 is 23.4 Å². The molecule has 0 radical (unpaired) electrons. The maximum absolute atomic E-state index is 13.3. The van der Waals surface area contributed by atoms with Gasteiger partial charge in [0.25, 0.3) is 0 Å². The monoisotopic (exact) mass is 550 g/mol. The van der Waals surface area contributed by atoms with E-state index < -0.39 is 22.1 Å². The molecule has 0 heterocycles. The second-order valence-corrected chi connectivity index (χ2v) is 13.3. The van der Waals surface area contributed by atoms with Gasteiger partial charge in [-0.05, 0) is 79.0 Å². The molecule has 1 atom stereocenters. The van der Waals surface area contributed by atoms with Crippen molar-refractivity contribution in [2.75, 3.05) is 20.1 Å². The maximum Gasteiger partial charge on any atom is 0.307 e. The van der Waals surface area contributed by atoms with E-state index in [1.807, 2.05) is 6.07 Å². The highest BCUT2D eigenvalue weighted by molar-refractivity contribution is 7.89. The summed E-state index contributed by atoms with van der Waals surface area (Å²) in [5.74, 6) is -0.382. The number of β-amino-alcohol motifs (C(OH)–C–C–N with tert-alkyl or cyclic N) is 1. The van der Waals surface area contributed by atoms with Crippen LogP contribution in [0.1, 0.15) is 37.0 Å². The van der Waals surface area contributed by atoms with E-state index in [4.69, 9.17) is 5.11 Å². The standard InChI is InChI=1S/C31H38N2O5S/c1-31(2,19-23-15-24-9-4-5-10-25(24)16-23)32-20-28(34)21-33(3)39(37,38)29-13-7-12-27(18-29)26-11-6-8-22(14-26)17-30(35)36/h4-14,18,23,28,32,34H,15-17,19-21H2,1-3H3,(H,35,36). The lowest BCUT2D eigenvalue weighted by Gasteiger charge is -2.31. The predicted octanol–water partition coefficient (Wildman–Crippen LogP) is 4.14. The molecule has 0 spiro atoms. The predicted molar refractivity (Wildman–Crippen MR) is 153 cm³/mol. The zero-order valence-corrected chi connectivity index (χ0v) is 23.6. The van der Waals surface area contributed by atoms with Crippen LogP contribution in [-0.4, -0.2) is 60.7 Å². The van der Waals surface area contributed by atoms with E-state index in [0.717, 1.165) is 24.8 Å². The minimum absolute atomic E-state index is 0.0430. The maximum atomic E-state index is 13.3. The van der Waals surface area contributed by atoms with Crippen molar-refractivity contribution in [3.63, 3.8) is 0 Å². The van der Waals surface area contributed by atoms with Crippen LogP contribution in [0.15, 0.2) is 77.7 Å². The van der Waals surface area contributed by atoms with Crippen LogP contribution in [0.5, 0.6) is 0 Å². The topological polar surface area (TPSA) is 107 Å². The smallest absolute Gasteiger partial charge is 0.307 e. The number of benzene rings is 3. The Bertz CT molecular complexity index is 1390. The van der Waals surface area contributed by atoms with Gasteiger partial charge in [-0.3, -0.25) is 4.79 Å². The van der Waals surface area contributed by atoms with Gasteiger partial charge in [0.15, 0.2) is 0 Å². The summed E-state index contributed by atoms with van der Waals surface area (Å²) in [7, 11) is -2.37. The largest absolute Gasteiger partial charge is 0.481 e. The number of sulfonamides is 1. The third kappa shape index (κ3) is 7.54. The van der Waals surface area contributed by atoms with Gasteiger partial charge in [0.1, 0.15) is 0 Å². The first-order valence-electron chi connectivity index (χ1n) is 13.3. The van der Waals surface area contributed by atoms with E-state index >= 15 is 0 Å². The fourth-order valence-electron chi connectivity index (χ4n) is 5.49. The normalized spacial score (nSPS) is 14.9. The molecule has 3 aromatic carbocycles. The van der Waals surface area contributed by atoms with Crippen LogP contribution in [0.25, 0.3) is 11.1 Å². The van der Waals surface area contributed by atoms with Crippen LogP contribution in [0.2, 0.25) is 0 Å². The third-order valence-corrected chi connectivity index (χ3v) is 9.20. The SMILES string of the molecule is CN(CC(O)CNC(C)(C)CC1Cc2ccccc2C1)S(=O)(=O)c1cccc(-c2cccc(CC(=O)O)c2)c1. The zero-order chi connectivity index (χ0) is 28.2. The van der Waals surface area contributed by atoms with Crippen LogP contribution < -0.4 is 5.32 Å². The molecule has 0 saturated carbocycles. The lowest BCUT2D eigenvalue weighted by Crippen LogP contribution is -2.47. The highest BCUT2D eigenvalue weighted by atomic mass is 32.2. The Hall–Kier alpha value is -3.04. The summed E-state index contributed by atoms with van der Waals surface area (Å²) in [4.78, 5) is 11.2. The van der Waals surface area contributed by atoms with E-state index in [1.54, 1.807) is 36.4 Å². The van der Waals surface area contributed by atoms with Crippen molar-refractivity contribution in [1.82, 2.24) is 9.62 Å².